The highest BCUT2D eigenvalue weighted by Gasteiger charge is 2.03. The van der Waals surface area contributed by atoms with E-state index in [1.807, 2.05) is 24.3 Å². The molecule has 0 N–H and O–H groups in total. The van der Waals surface area contributed by atoms with E-state index in [1.54, 1.807) is 11.3 Å². The normalized spacial score (nSPS) is 10.3. The van der Waals surface area contributed by atoms with Crippen LogP contribution in [-0.4, -0.2) is 0 Å². The molecule has 0 spiro atoms. The van der Waals surface area contributed by atoms with Crippen molar-refractivity contribution in [2.24, 2.45) is 0 Å². The molecule has 2 aromatic carbocycles. The van der Waals surface area contributed by atoms with E-state index in [4.69, 9.17) is 12.2 Å². The van der Waals surface area contributed by atoms with E-state index in [0.717, 1.165) is 9.39 Å². The molecule has 0 bridgehead atoms. The Labute approximate surface area is 122 Å². The maximum absolute atomic E-state index is 5.54. The lowest BCUT2D eigenvalue weighted by atomic mass is 10.1. The predicted molar refractivity (Wildman–Crippen MR) is 86.0 cm³/mol. The van der Waals surface area contributed by atoms with E-state index in [9.17, 15) is 0 Å². The monoisotopic (exact) mass is 280 g/mol. The second kappa shape index (κ2) is 5.47. The summed E-state index contributed by atoms with van der Waals surface area (Å²) in [6.45, 7) is 0. The van der Waals surface area contributed by atoms with Crippen LogP contribution in [0.5, 0.6) is 0 Å². The molecule has 2 heteroatoms. The summed E-state index contributed by atoms with van der Waals surface area (Å²) in [4.78, 5) is 1.21. The van der Waals surface area contributed by atoms with Crippen molar-refractivity contribution in [2.75, 3.05) is 0 Å². The van der Waals surface area contributed by atoms with E-state index >= 15 is 0 Å². The van der Waals surface area contributed by atoms with Crippen LogP contribution >= 0.6 is 23.6 Å². The van der Waals surface area contributed by atoms with Gasteiger partial charge in [0.1, 0.15) is 0 Å². The zero-order chi connectivity index (χ0) is 13.1. The summed E-state index contributed by atoms with van der Waals surface area (Å²) in [6, 6.07) is 24.9. The Morgan fingerprint density at radius 3 is 1.79 bits per heavy atom. The third-order valence-corrected chi connectivity index (χ3v) is 4.43. The first-order chi connectivity index (χ1) is 9.34. The van der Waals surface area contributed by atoms with Gasteiger partial charge in [0, 0.05) is 10.4 Å². The lowest BCUT2D eigenvalue weighted by molar-refractivity contribution is 1.64. The highest BCUT2D eigenvalue weighted by atomic mass is 32.1. The van der Waals surface area contributed by atoms with Gasteiger partial charge in [-0.05, 0) is 17.2 Å². The average molecular weight is 280 g/mol. The van der Waals surface area contributed by atoms with Gasteiger partial charge in [-0.3, -0.25) is 0 Å². The summed E-state index contributed by atoms with van der Waals surface area (Å²) >= 11 is 7.21. The van der Waals surface area contributed by atoms with Gasteiger partial charge >= 0.3 is 0 Å². The fourth-order valence-corrected chi connectivity index (χ4v) is 3.35. The van der Waals surface area contributed by atoms with Crippen LogP contribution in [0.2, 0.25) is 0 Å². The second-order valence-electron chi connectivity index (χ2n) is 4.23. The number of benzene rings is 2. The minimum absolute atomic E-state index is 0.938. The standard InChI is InChI=1S/C17H12S2/c18-17-15(13-7-3-1-4-8-13)11-12-16(19-17)14-9-5-2-6-10-14/h1-12H. The molecule has 0 saturated carbocycles. The first kappa shape index (κ1) is 12.3. The molecule has 0 fully saturated rings. The molecular formula is C17H12S2. The summed E-state index contributed by atoms with van der Waals surface area (Å²) in [7, 11) is 0. The lowest BCUT2D eigenvalue weighted by Crippen LogP contribution is -1.79. The molecule has 19 heavy (non-hydrogen) atoms. The van der Waals surface area contributed by atoms with Gasteiger partial charge in [0.2, 0.25) is 0 Å². The molecule has 0 saturated heterocycles. The Balaban J connectivity index is 2.07. The fraction of sp³-hybridized carbons (Fsp3) is 0. The fourth-order valence-electron chi connectivity index (χ4n) is 2.01. The Morgan fingerprint density at radius 2 is 1.21 bits per heavy atom. The molecule has 0 radical (unpaired) electrons. The van der Waals surface area contributed by atoms with Crippen LogP contribution in [0.3, 0.4) is 0 Å². The van der Waals surface area contributed by atoms with Crippen molar-refractivity contribution in [3.05, 3.63) is 76.6 Å². The van der Waals surface area contributed by atoms with E-state index in [-0.39, 0.29) is 0 Å². The maximum Gasteiger partial charge on any atom is 0.0983 e. The third kappa shape index (κ3) is 2.65. The quantitative estimate of drug-likeness (QED) is 0.534. The summed E-state index contributed by atoms with van der Waals surface area (Å²) in [6.07, 6.45) is 0. The van der Waals surface area contributed by atoms with E-state index in [1.165, 1.54) is 16.0 Å². The highest BCUT2D eigenvalue weighted by Crippen LogP contribution is 2.30. The number of hydrogen-bond donors (Lipinski definition) is 0. The molecule has 0 unspecified atom stereocenters. The van der Waals surface area contributed by atoms with E-state index < -0.39 is 0 Å². The van der Waals surface area contributed by atoms with Crippen LogP contribution in [-0.2, 0) is 0 Å². The van der Waals surface area contributed by atoms with Gasteiger partial charge in [-0.2, -0.15) is 0 Å². The largest absolute Gasteiger partial charge is 0.123 e. The summed E-state index contributed by atoms with van der Waals surface area (Å²) in [5, 5.41) is 0. The van der Waals surface area contributed by atoms with Gasteiger partial charge in [-0.25, -0.2) is 0 Å². The minimum atomic E-state index is 0.938. The van der Waals surface area contributed by atoms with Crippen molar-refractivity contribution in [2.45, 2.75) is 0 Å². The molecule has 0 amide bonds. The second-order valence-corrected chi connectivity index (χ2v) is 5.95. The van der Waals surface area contributed by atoms with Crippen LogP contribution in [0.4, 0.5) is 0 Å². The van der Waals surface area contributed by atoms with Crippen molar-refractivity contribution in [3.8, 4) is 21.6 Å². The number of hydrogen-bond acceptors (Lipinski definition) is 2. The summed E-state index contributed by atoms with van der Waals surface area (Å²) in [5.41, 5.74) is 3.54. The number of rotatable bonds is 2. The first-order valence-electron chi connectivity index (χ1n) is 6.09. The Morgan fingerprint density at radius 1 is 0.632 bits per heavy atom. The van der Waals surface area contributed by atoms with Crippen molar-refractivity contribution in [3.63, 3.8) is 0 Å². The van der Waals surface area contributed by atoms with Crippen molar-refractivity contribution in [1.82, 2.24) is 0 Å². The average Bonchev–Trinajstić information content (AvgIpc) is 2.49. The molecule has 92 valence electrons. The van der Waals surface area contributed by atoms with Gasteiger partial charge in [0.25, 0.3) is 0 Å². The third-order valence-electron chi connectivity index (χ3n) is 2.97. The van der Waals surface area contributed by atoms with Gasteiger partial charge in [-0.15, -0.1) is 11.3 Å². The van der Waals surface area contributed by atoms with Crippen LogP contribution in [0, 0.1) is 3.82 Å². The zero-order valence-corrected chi connectivity index (χ0v) is 11.9. The zero-order valence-electron chi connectivity index (χ0n) is 10.2. The molecule has 3 rings (SSSR count). The maximum atomic E-state index is 5.54. The molecule has 3 aromatic rings. The first-order valence-corrected chi connectivity index (χ1v) is 7.32. The van der Waals surface area contributed by atoms with Crippen LogP contribution < -0.4 is 0 Å². The summed E-state index contributed by atoms with van der Waals surface area (Å²) in [5.74, 6) is 0. The summed E-state index contributed by atoms with van der Waals surface area (Å²) < 4.78 is 0.938. The molecule has 1 heterocycles. The van der Waals surface area contributed by atoms with Crippen LogP contribution in [0.15, 0.2) is 72.8 Å². The van der Waals surface area contributed by atoms with Gasteiger partial charge in [0.15, 0.2) is 0 Å². The Bertz CT molecular complexity index is 728. The topological polar surface area (TPSA) is 0 Å². The van der Waals surface area contributed by atoms with Crippen molar-refractivity contribution in [1.29, 1.82) is 0 Å². The molecule has 0 aliphatic rings. The van der Waals surface area contributed by atoms with Gasteiger partial charge < -0.3 is 0 Å². The lowest BCUT2D eigenvalue weighted by Gasteiger charge is -2.04. The van der Waals surface area contributed by atoms with E-state index in [0.29, 0.717) is 0 Å². The molecule has 1 aromatic heterocycles. The minimum Gasteiger partial charge on any atom is -0.123 e. The molecular weight excluding hydrogens is 268 g/mol. The van der Waals surface area contributed by atoms with Crippen molar-refractivity contribution >= 4 is 23.6 Å². The van der Waals surface area contributed by atoms with Crippen molar-refractivity contribution < 1.29 is 0 Å². The molecule has 0 atom stereocenters. The molecule has 0 nitrogen and oxygen atoms in total. The van der Waals surface area contributed by atoms with Gasteiger partial charge in [-0.1, -0.05) is 78.9 Å². The Hall–Kier alpha value is -1.77. The van der Waals surface area contributed by atoms with Gasteiger partial charge in [0.05, 0.1) is 3.82 Å². The van der Waals surface area contributed by atoms with E-state index in [2.05, 4.69) is 48.5 Å². The van der Waals surface area contributed by atoms with Crippen LogP contribution in [0.25, 0.3) is 21.6 Å². The smallest absolute Gasteiger partial charge is 0.0983 e. The highest BCUT2D eigenvalue weighted by molar-refractivity contribution is 7.73. The SMILES string of the molecule is S=c1sc(-c2ccccc2)ccc1-c1ccccc1. The molecule has 0 aliphatic carbocycles. The Kier molecular flexibility index (Phi) is 3.53. The molecule has 0 aliphatic heterocycles. The van der Waals surface area contributed by atoms with Crippen LogP contribution in [0.1, 0.15) is 0 Å². The predicted octanol–water partition coefficient (Wildman–Crippen LogP) is 5.81.